The van der Waals surface area contributed by atoms with Crippen molar-refractivity contribution in [2.24, 2.45) is 0 Å². The van der Waals surface area contributed by atoms with E-state index in [0.29, 0.717) is 11.2 Å². The first-order valence-electron chi connectivity index (χ1n) is 6.74. The summed E-state index contributed by atoms with van der Waals surface area (Å²) in [6.07, 6.45) is 3.69. The first-order chi connectivity index (χ1) is 11.4. The van der Waals surface area contributed by atoms with E-state index < -0.39 is 20.9 Å². The highest BCUT2D eigenvalue weighted by atomic mass is 35.5. The third-order valence-corrected chi connectivity index (χ3v) is 4.30. The van der Waals surface area contributed by atoms with Gasteiger partial charge in [-0.05, 0) is 24.3 Å². The predicted molar refractivity (Wildman–Crippen MR) is 89.8 cm³/mol. The van der Waals surface area contributed by atoms with Crippen LogP contribution in [0.15, 0.2) is 47.9 Å². The second kappa shape index (κ2) is 6.14. The molecule has 3 aromatic rings. The zero-order valence-electron chi connectivity index (χ0n) is 12.4. The van der Waals surface area contributed by atoms with Crippen molar-refractivity contribution in [2.75, 3.05) is 11.6 Å². The topological polar surface area (TPSA) is 102 Å². The molecule has 0 saturated heterocycles. The minimum Gasteiger partial charge on any atom is -0.320 e. The van der Waals surface area contributed by atoms with Crippen LogP contribution in [0.5, 0.6) is 0 Å². The Hall–Kier alpha value is -2.58. The van der Waals surface area contributed by atoms with E-state index >= 15 is 0 Å². The molecule has 9 heteroatoms. The molecule has 0 unspecified atom stereocenters. The summed E-state index contributed by atoms with van der Waals surface area (Å²) >= 11 is 5.93. The number of carbonyl (C=O) groups excluding carboxylic acids is 1. The summed E-state index contributed by atoms with van der Waals surface area (Å²) in [7, 11) is -3.65. The van der Waals surface area contributed by atoms with Gasteiger partial charge in [-0.15, -0.1) is 0 Å². The zero-order chi connectivity index (χ0) is 17.3. The Morgan fingerprint density at radius 1 is 1.17 bits per heavy atom. The number of aromatic nitrogens is 3. The third-order valence-electron chi connectivity index (χ3n) is 3.16. The number of hydrogen-bond donors (Lipinski definition) is 1. The lowest BCUT2D eigenvalue weighted by Gasteiger charge is -2.09. The number of nitrogens with zero attached hydrogens (tertiary/aromatic N) is 3. The first kappa shape index (κ1) is 16.3. The smallest absolute Gasteiger partial charge is 0.276 e. The van der Waals surface area contributed by atoms with Gasteiger partial charge in [0.1, 0.15) is 0 Å². The number of amides is 1. The molecule has 7 nitrogen and oxygen atoms in total. The van der Waals surface area contributed by atoms with E-state index in [2.05, 4.69) is 20.3 Å². The fourth-order valence-electron chi connectivity index (χ4n) is 2.08. The number of pyridine rings is 1. The Kier molecular flexibility index (Phi) is 4.16. The Morgan fingerprint density at radius 2 is 1.96 bits per heavy atom. The summed E-state index contributed by atoms with van der Waals surface area (Å²) in [5.74, 6) is -0.636. The highest BCUT2D eigenvalue weighted by molar-refractivity contribution is 7.90. The van der Waals surface area contributed by atoms with E-state index in [1.54, 1.807) is 24.4 Å². The van der Waals surface area contributed by atoms with Gasteiger partial charge in [-0.25, -0.2) is 18.4 Å². The summed E-state index contributed by atoms with van der Waals surface area (Å²) in [6.45, 7) is 0. The van der Waals surface area contributed by atoms with Crippen LogP contribution in [0.25, 0.3) is 10.9 Å². The Labute approximate surface area is 142 Å². The van der Waals surface area contributed by atoms with Crippen LogP contribution in [0.2, 0.25) is 5.02 Å². The predicted octanol–water partition coefficient (Wildman–Crippen LogP) is 2.33. The number of halogens is 1. The molecule has 0 bridgehead atoms. The molecule has 0 aliphatic carbocycles. The van der Waals surface area contributed by atoms with Gasteiger partial charge in [0.05, 0.1) is 22.4 Å². The molecule has 0 spiro atoms. The number of fused-ring (bicyclic) bond motifs is 1. The number of carbonyl (C=O) groups is 1. The van der Waals surface area contributed by atoms with Gasteiger partial charge in [-0.2, -0.15) is 0 Å². The molecule has 2 aromatic heterocycles. The van der Waals surface area contributed by atoms with Crippen molar-refractivity contribution in [2.45, 2.75) is 5.16 Å². The molecule has 3 rings (SSSR count). The molecule has 0 atom stereocenters. The van der Waals surface area contributed by atoms with E-state index in [0.717, 1.165) is 17.8 Å². The zero-order valence-corrected chi connectivity index (χ0v) is 14.0. The number of rotatable bonds is 3. The van der Waals surface area contributed by atoms with Gasteiger partial charge in [0, 0.05) is 17.8 Å². The fourth-order valence-corrected chi connectivity index (χ4v) is 2.76. The second-order valence-electron chi connectivity index (χ2n) is 4.95. The van der Waals surface area contributed by atoms with E-state index in [1.807, 2.05) is 12.1 Å². The normalized spacial score (nSPS) is 11.4. The maximum absolute atomic E-state index is 12.5. The van der Waals surface area contributed by atoms with Gasteiger partial charge in [-0.1, -0.05) is 17.7 Å². The summed E-state index contributed by atoms with van der Waals surface area (Å²) in [6, 6.07) is 8.81. The second-order valence-corrected chi connectivity index (χ2v) is 7.27. The number of benzene rings is 1. The first-order valence-corrected chi connectivity index (χ1v) is 9.01. The van der Waals surface area contributed by atoms with Gasteiger partial charge in [-0.3, -0.25) is 9.78 Å². The molecule has 24 heavy (non-hydrogen) atoms. The van der Waals surface area contributed by atoms with Crippen molar-refractivity contribution in [3.63, 3.8) is 0 Å². The third kappa shape index (κ3) is 3.19. The van der Waals surface area contributed by atoms with Crippen molar-refractivity contribution < 1.29 is 13.2 Å². The number of hydrogen-bond acceptors (Lipinski definition) is 6. The van der Waals surface area contributed by atoms with Crippen LogP contribution >= 0.6 is 11.6 Å². The number of sulfone groups is 1. The van der Waals surface area contributed by atoms with Gasteiger partial charge in [0.15, 0.2) is 5.69 Å². The van der Waals surface area contributed by atoms with Gasteiger partial charge in [0.25, 0.3) is 5.91 Å². The van der Waals surface area contributed by atoms with Crippen LogP contribution < -0.4 is 5.32 Å². The maximum Gasteiger partial charge on any atom is 0.276 e. The molecule has 122 valence electrons. The lowest BCUT2D eigenvalue weighted by molar-refractivity contribution is 0.102. The minimum absolute atomic E-state index is 0.0433. The summed E-state index contributed by atoms with van der Waals surface area (Å²) in [5.41, 5.74) is 1.01. The SMILES string of the molecule is CS(=O)(=O)c1ncc(Cl)c(C(=O)Nc2cccc3ncccc23)n1. The quantitative estimate of drug-likeness (QED) is 0.717. The van der Waals surface area contributed by atoms with Crippen molar-refractivity contribution in [3.05, 3.63) is 53.4 Å². The van der Waals surface area contributed by atoms with Crippen LogP contribution in [0.1, 0.15) is 10.5 Å². The van der Waals surface area contributed by atoms with Gasteiger partial charge < -0.3 is 5.32 Å². The van der Waals surface area contributed by atoms with Gasteiger partial charge in [0.2, 0.25) is 15.0 Å². The van der Waals surface area contributed by atoms with Crippen molar-refractivity contribution in [3.8, 4) is 0 Å². The highest BCUT2D eigenvalue weighted by Crippen LogP contribution is 2.23. The summed E-state index contributed by atoms with van der Waals surface area (Å²) in [4.78, 5) is 24.0. The summed E-state index contributed by atoms with van der Waals surface area (Å²) in [5, 5.41) is 2.91. The molecule has 0 aliphatic rings. The van der Waals surface area contributed by atoms with E-state index in [1.165, 1.54) is 0 Å². The Bertz CT molecular complexity index is 1050. The van der Waals surface area contributed by atoms with E-state index in [9.17, 15) is 13.2 Å². The molecular formula is C15H11ClN4O3S. The molecule has 0 fully saturated rings. The minimum atomic E-state index is -3.65. The number of anilines is 1. The molecule has 0 aliphatic heterocycles. The Balaban J connectivity index is 2.01. The van der Waals surface area contributed by atoms with E-state index in [4.69, 9.17) is 11.6 Å². The Morgan fingerprint density at radius 3 is 2.71 bits per heavy atom. The molecule has 0 radical (unpaired) electrons. The average Bonchev–Trinajstić information content (AvgIpc) is 2.54. The van der Waals surface area contributed by atoms with Crippen LogP contribution in [0.3, 0.4) is 0 Å². The van der Waals surface area contributed by atoms with Crippen LogP contribution in [0.4, 0.5) is 5.69 Å². The molecule has 2 heterocycles. The number of nitrogens with one attached hydrogen (secondary N) is 1. The van der Waals surface area contributed by atoms with Crippen molar-refractivity contribution in [1.82, 2.24) is 15.0 Å². The largest absolute Gasteiger partial charge is 0.320 e. The molecular weight excluding hydrogens is 352 g/mol. The average molecular weight is 363 g/mol. The standard InChI is InChI=1S/C15H11ClN4O3S/c1-24(22,23)15-18-8-10(16)13(20-15)14(21)19-12-6-2-5-11-9(12)4-3-7-17-11/h2-8H,1H3,(H,19,21). The van der Waals surface area contributed by atoms with Crippen LogP contribution in [-0.4, -0.2) is 35.5 Å². The summed E-state index contributed by atoms with van der Waals surface area (Å²) < 4.78 is 23.1. The van der Waals surface area contributed by atoms with Crippen molar-refractivity contribution >= 4 is 43.9 Å². The molecule has 1 amide bonds. The monoisotopic (exact) mass is 362 g/mol. The molecule has 1 N–H and O–H groups in total. The molecule has 1 aromatic carbocycles. The van der Waals surface area contributed by atoms with E-state index in [-0.39, 0.29) is 10.7 Å². The van der Waals surface area contributed by atoms with Gasteiger partial charge >= 0.3 is 0 Å². The van der Waals surface area contributed by atoms with Crippen LogP contribution in [-0.2, 0) is 9.84 Å². The lowest BCUT2D eigenvalue weighted by Crippen LogP contribution is -2.17. The maximum atomic E-state index is 12.5. The molecule has 0 saturated carbocycles. The van der Waals surface area contributed by atoms with Crippen LogP contribution in [0, 0.1) is 0 Å². The fraction of sp³-hybridized carbons (Fsp3) is 0.0667. The lowest BCUT2D eigenvalue weighted by atomic mass is 10.2. The highest BCUT2D eigenvalue weighted by Gasteiger charge is 2.19. The van der Waals surface area contributed by atoms with Crippen molar-refractivity contribution in [1.29, 1.82) is 0 Å².